The number of aromatic nitrogens is 2. The summed E-state index contributed by atoms with van der Waals surface area (Å²) in [7, 11) is 0. The summed E-state index contributed by atoms with van der Waals surface area (Å²) in [6.07, 6.45) is -5.45. The quantitative estimate of drug-likeness (QED) is 0.278. The SMILES string of the molecule is CCOC[C@H]1CSc2c(-c3ccc(F)cc3F)c(C(F)(F)F)cc3c(N4C[C@@H](C)N(C(=O)OC(C)(C)C)[C@@H](C)C4)nc(=O)n1c23. The molecule has 45 heavy (non-hydrogen) atoms. The van der Waals surface area contributed by atoms with E-state index in [0.29, 0.717) is 12.7 Å². The fourth-order valence-corrected chi connectivity index (χ4v) is 7.38. The number of piperazine rings is 1. The first-order valence-electron chi connectivity index (χ1n) is 14.6. The monoisotopic (exact) mass is 654 g/mol. The number of rotatable bonds is 5. The van der Waals surface area contributed by atoms with Crippen LogP contribution in [0.1, 0.15) is 53.1 Å². The second-order valence-electron chi connectivity index (χ2n) is 12.3. The number of alkyl halides is 3. The van der Waals surface area contributed by atoms with E-state index in [1.165, 1.54) is 4.57 Å². The van der Waals surface area contributed by atoms with Crippen LogP contribution in [0.3, 0.4) is 0 Å². The second-order valence-corrected chi connectivity index (χ2v) is 13.4. The Kier molecular flexibility index (Phi) is 8.86. The van der Waals surface area contributed by atoms with Crippen molar-refractivity contribution in [1.82, 2.24) is 14.5 Å². The van der Waals surface area contributed by atoms with E-state index in [0.717, 1.165) is 30.0 Å². The summed E-state index contributed by atoms with van der Waals surface area (Å²) in [4.78, 5) is 34.4. The van der Waals surface area contributed by atoms with Gasteiger partial charge in [0.25, 0.3) is 0 Å². The Bertz CT molecular complexity index is 1680. The first kappa shape index (κ1) is 33.0. The minimum Gasteiger partial charge on any atom is -0.444 e. The van der Waals surface area contributed by atoms with Crippen molar-refractivity contribution in [2.75, 3.05) is 37.0 Å². The van der Waals surface area contributed by atoms with Gasteiger partial charge in [-0.25, -0.2) is 18.4 Å². The maximum atomic E-state index is 15.2. The van der Waals surface area contributed by atoms with E-state index in [-0.39, 0.29) is 47.1 Å². The van der Waals surface area contributed by atoms with Crippen LogP contribution in [0.2, 0.25) is 0 Å². The molecule has 0 spiro atoms. The molecule has 2 aromatic carbocycles. The highest BCUT2D eigenvalue weighted by Gasteiger charge is 2.41. The summed E-state index contributed by atoms with van der Waals surface area (Å²) in [5.41, 5.74) is -3.27. The fourth-order valence-electron chi connectivity index (χ4n) is 6.06. The molecule has 8 nitrogen and oxygen atoms in total. The van der Waals surface area contributed by atoms with Gasteiger partial charge >= 0.3 is 18.0 Å². The number of carbonyl (C=O) groups excluding carboxylic acids is 1. The van der Waals surface area contributed by atoms with Gasteiger partial charge in [-0.15, -0.1) is 11.8 Å². The van der Waals surface area contributed by atoms with E-state index < -0.39 is 70.0 Å². The Balaban J connectivity index is 1.75. The summed E-state index contributed by atoms with van der Waals surface area (Å²) in [5.74, 6) is -1.88. The molecule has 0 saturated carbocycles. The predicted molar refractivity (Wildman–Crippen MR) is 162 cm³/mol. The van der Waals surface area contributed by atoms with Crippen LogP contribution in [0, 0.1) is 11.6 Å². The molecule has 0 radical (unpaired) electrons. The number of halogens is 5. The summed E-state index contributed by atoms with van der Waals surface area (Å²) < 4.78 is 86.0. The summed E-state index contributed by atoms with van der Waals surface area (Å²) in [6.45, 7) is 11.4. The minimum atomic E-state index is -4.93. The van der Waals surface area contributed by atoms with Gasteiger partial charge < -0.3 is 14.4 Å². The lowest BCUT2D eigenvalue weighted by molar-refractivity contribution is -0.137. The molecule has 3 aromatic rings. The van der Waals surface area contributed by atoms with E-state index in [2.05, 4.69) is 4.98 Å². The average Bonchev–Trinajstić information content (AvgIpc) is 2.91. The summed E-state index contributed by atoms with van der Waals surface area (Å²) in [6, 6.07) is 1.88. The maximum absolute atomic E-state index is 15.2. The normalized spacial score (nSPS) is 20.6. The number of anilines is 1. The van der Waals surface area contributed by atoms with Crippen molar-refractivity contribution in [3.8, 4) is 11.1 Å². The van der Waals surface area contributed by atoms with Crippen LogP contribution in [-0.2, 0) is 15.7 Å². The third-order valence-electron chi connectivity index (χ3n) is 7.77. The molecule has 3 atom stereocenters. The lowest BCUT2D eigenvalue weighted by atomic mass is 9.95. The number of benzene rings is 2. The number of nitrogens with zero attached hydrogens (tertiary/aromatic N) is 4. The van der Waals surface area contributed by atoms with Crippen LogP contribution in [0.5, 0.6) is 0 Å². The number of hydrogen-bond donors (Lipinski definition) is 0. The van der Waals surface area contributed by atoms with Crippen molar-refractivity contribution >= 4 is 34.6 Å². The van der Waals surface area contributed by atoms with Gasteiger partial charge in [-0.3, -0.25) is 9.47 Å². The largest absolute Gasteiger partial charge is 0.444 e. The van der Waals surface area contributed by atoms with Crippen molar-refractivity contribution in [3.63, 3.8) is 0 Å². The molecule has 1 fully saturated rings. The van der Waals surface area contributed by atoms with Crippen LogP contribution >= 0.6 is 11.8 Å². The molecular weight excluding hydrogens is 619 g/mol. The van der Waals surface area contributed by atoms with Gasteiger partial charge in [0.05, 0.1) is 35.8 Å². The lowest BCUT2D eigenvalue weighted by Gasteiger charge is -2.45. The number of hydrogen-bond acceptors (Lipinski definition) is 7. The highest BCUT2D eigenvalue weighted by atomic mass is 32.2. The topological polar surface area (TPSA) is 76.9 Å². The van der Waals surface area contributed by atoms with Crippen molar-refractivity contribution in [2.45, 2.75) is 76.3 Å². The zero-order valence-corrected chi connectivity index (χ0v) is 26.6. The zero-order chi connectivity index (χ0) is 33.0. The number of thioether (sulfide) groups is 1. The number of ether oxygens (including phenoxy) is 2. The average molecular weight is 655 g/mol. The van der Waals surface area contributed by atoms with E-state index in [9.17, 15) is 27.2 Å². The van der Waals surface area contributed by atoms with Crippen molar-refractivity contribution in [1.29, 1.82) is 0 Å². The summed E-state index contributed by atoms with van der Waals surface area (Å²) >= 11 is 1.06. The zero-order valence-electron chi connectivity index (χ0n) is 25.8. The molecule has 1 saturated heterocycles. The van der Waals surface area contributed by atoms with Gasteiger partial charge in [0, 0.05) is 52.9 Å². The Hall–Kier alpha value is -3.39. The van der Waals surface area contributed by atoms with Gasteiger partial charge in [-0.05, 0) is 59.7 Å². The van der Waals surface area contributed by atoms with Crippen LogP contribution in [0.15, 0.2) is 34.0 Å². The predicted octanol–water partition coefficient (Wildman–Crippen LogP) is 6.88. The lowest BCUT2D eigenvalue weighted by Crippen LogP contribution is -2.60. The molecule has 1 aromatic heterocycles. The highest BCUT2D eigenvalue weighted by molar-refractivity contribution is 7.99. The number of amides is 1. The second kappa shape index (κ2) is 12.1. The van der Waals surface area contributed by atoms with Gasteiger partial charge in [-0.1, -0.05) is 0 Å². The van der Waals surface area contributed by atoms with E-state index in [1.807, 2.05) is 0 Å². The highest BCUT2D eigenvalue weighted by Crippen LogP contribution is 2.50. The molecule has 0 aliphatic carbocycles. The van der Waals surface area contributed by atoms with Gasteiger partial charge in [0.15, 0.2) is 0 Å². The molecule has 14 heteroatoms. The van der Waals surface area contributed by atoms with Crippen molar-refractivity contribution < 1.29 is 36.2 Å². The minimum absolute atomic E-state index is 0.0318. The van der Waals surface area contributed by atoms with E-state index in [4.69, 9.17) is 9.47 Å². The molecule has 0 unspecified atom stereocenters. The molecule has 0 bridgehead atoms. The van der Waals surface area contributed by atoms with E-state index >= 15 is 4.39 Å². The Morgan fingerprint density at radius 3 is 2.33 bits per heavy atom. The summed E-state index contributed by atoms with van der Waals surface area (Å²) in [5, 5.41) is 0.0574. The maximum Gasteiger partial charge on any atom is 0.417 e. The van der Waals surface area contributed by atoms with Crippen molar-refractivity contribution in [2.24, 2.45) is 0 Å². The Labute approximate surface area is 261 Å². The Morgan fingerprint density at radius 2 is 1.76 bits per heavy atom. The molecule has 2 aliphatic heterocycles. The first-order chi connectivity index (χ1) is 21.0. The first-order valence-corrected chi connectivity index (χ1v) is 15.6. The molecule has 1 amide bonds. The van der Waals surface area contributed by atoms with Crippen LogP contribution in [0.25, 0.3) is 22.0 Å². The Morgan fingerprint density at radius 1 is 1.09 bits per heavy atom. The molecule has 0 N–H and O–H groups in total. The van der Waals surface area contributed by atoms with Gasteiger partial charge in [0.1, 0.15) is 23.1 Å². The fraction of sp³-hybridized carbons (Fsp3) is 0.516. The van der Waals surface area contributed by atoms with Crippen molar-refractivity contribution in [3.05, 3.63) is 51.9 Å². The molecular formula is C31H35F5N4O4S. The third kappa shape index (κ3) is 6.35. The van der Waals surface area contributed by atoms with Crippen LogP contribution < -0.4 is 10.6 Å². The molecule has 244 valence electrons. The molecule has 5 rings (SSSR count). The third-order valence-corrected chi connectivity index (χ3v) is 9.01. The standard InChI is InChI=1S/C31H35F5N4O4S/c1-7-43-14-19-15-45-26-24(20-9-8-18(32)10-23(20)33)22(31(34,35)36)11-21-25(26)40(19)28(41)37-27(21)38-12-16(2)39(17(3)13-38)29(42)44-30(4,5)6/h8-11,16-17,19H,7,12-15H2,1-6H3/t16-,17+,19-/m0/s1. The van der Waals surface area contributed by atoms with E-state index in [1.54, 1.807) is 51.3 Å². The van der Waals surface area contributed by atoms with Crippen LogP contribution in [0.4, 0.5) is 32.6 Å². The van der Waals surface area contributed by atoms with Gasteiger partial charge in [0.2, 0.25) is 0 Å². The molecule has 2 aliphatic rings. The van der Waals surface area contributed by atoms with Crippen LogP contribution in [-0.4, -0.2) is 70.3 Å². The molecule has 3 heterocycles. The van der Waals surface area contributed by atoms with Gasteiger partial charge in [-0.2, -0.15) is 18.2 Å². The number of carbonyl (C=O) groups is 1. The smallest absolute Gasteiger partial charge is 0.417 e.